The van der Waals surface area contributed by atoms with E-state index < -0.39 is 0 Å². The summed E-state index contributed by atoms with van der Waals surface area (Å²) in [7, 11) is 0. The zero-order valence-corrected chi connectivity index (χ0v) is 15.3. The summed E-state index contributed by atoms with van der Waals surface area (Å²) in [5, 5.41) is 0. The molecular formula is C22H26N2O2. The quantitative estimate of drug-likeness (QED) is 0.675. The molecule has 0 aromatic heterocycles. The second kappa shape index (κ2) is 5.43. The molecule has 4 bridgehead atoms. The molecule has 1 unspecified atom stereocenters. The molecule has 1 amide bonds. The lowest BCUT2D eigenvalue weighted by molar-refractivity contribution is -0.128. The van der Waals surface area contributed by atoms with Gasteiger partial charge >= 0.3 is 0 Å². The summed E-state index contributed by atoms with van der Waals surface area (Å²) in [5.74, 6) is 1.70. The van der Waals surface area contributed by atoms with Crippen LogP contribution in [0, 0.1) is 11.8 Å². The molecule has 4 nitrogen and oxygen atoms in total. The van der Waals surface area contributed by atoms with E-state index in [-0.39, 0.29) is 18.1 Å². The number of fused-ring (bicyclic) bond motifs is 4. The first-order valence-corrected chi connectivity index (χ1v) is 10.2. The Labute approximate surface area is 154 Å². The minimum Gasteiger partial charge on any atom is -0.373 e. The molecule has 6 aliphatic heterocycles. The Balaban J connectivity index is 1.56. The van der Waals surface area contributed by atoms with Gasteiger partial charge in [-0.1, -0.05) is 29.8 Å². The van der Waals surface area contributed by atoms with Crippen molar-refractivity contribution in [3.05, 3.63) is 41.5 Å². The predicted molar refractivity (Wildman–Crippen MR) is 100 cm³/mol. The number of hydrogen-bond acceptors (Lipinski definition) is 3. The number of amides is 1. The third-order valence-corrected chi connectivity index (χ3v) is 7.70. The third-order valence-electron chi connectivity index (χ3n) is 7.70. The Morgan fingerprint density at radius 1 is 1.19 bits per heavy atom. The molecule has 4 heteroatoms. The van der Waals surface area contributed by atoms with Gasteiger partial charge in [-0.3, -0.25) is 9.69 Å². The number of nitrogens with zero attached hydrogens (tertiary/aromatic N) is 2. The number of piperidine rings is 2. The molecule has 1 aromatic carbocycles. The van der Waals surface area contributed by atoms with Crippen LogP contribution < -0.4 is 4.90 Å². The van der Waals surface area contributed by atoms with Crippen LogP contribution in [0.25, 0.3) is 0 Å². The molecule has 136 valence electrons. The van der Waals surface area contributed by atoms with Crippen molar-refractivity contribution in [2.45, 2.75) is 50.3 Å². The standard InChI is InChI=1S/C22H26N2O2/c1-13-10-17-14-7-9-26-19-11-20(25)24-18-5-3-2-4-15(18)16(22(24)21(17)19)6-8-23(13)12-14/h2-5,7,13,16-17,19,21-22H,6,8-12H2,1H3/t13-,16-,17-,19+,21+,22-/m1/s1. The van der Waals surface area contributed by atoms with Crippen LogP contribution >= 0.6 is 0 Å². The van der Waals surface area contributed by atoms with E-state index in [0.29, 0.717) is 36.8 Å². The lowest BCUT2D eigenvalue weighted by Gasteiger charge is -2.48. The van der Waals surface area contributed by atoms with Gasteiger partial charge in [0.25, 0.3) is 0 Å². The fraction of sp³-hybridized carbons (Fsp3) is 0.591. The van der Waals surface area contributed by atoms with Gasteiger partial charge in [0.1, 0.15) is 0 Å². The highest BCUT2D eigenvalue weighted by atomic mass is 16.5. The van der Waals surface area contributed by atoms with Crippen LogP contribution in [0.2, 0.25) is 0 Å². The van der Waals surface area contributed by atoms with Gasteiger partial charge in [0, 0.05) is 36.2 Å². The first-order valence-electron chi connectivity index (χ1n) is 10.2. The molecule has 6 aliphatic rings. The second-order valence-electron chi connectivity index (χ2n) is 8.80. The van der Waals surface area contributed by atoms with Gasteiger partial charge in [0.05, 0.1) is 19.1 Å². The number of rotatable bonds is 0. The Bertz CT molecular complexity index is 803. The second-order valence-corrected chi connectivity index (χ2v) is 8.80. The summed E-state index contributed by atoms with van der Waals surface area (Å²) in [5.41, 5.74) is 4.12. The van der Waals surface area contributed by atoms with Crippen LogP contribution in [0.1, 0.15) is 37.7 Å². The van der Waals surface area contributed by atoms with Crippen molar-refractivity contribution < 1.29 is 9.53 Å². The molecule has 4 saturated heterocycles. The molecule has 4 fully saturated rings. The maximum atomic E-state index is 13.1. The summed E-state index contributed by atoms with van der Waals surface area (Å²) >= 11 is 0. The van der Waals surface area contributed by atoms with Crippen molar-refractivity contribution in [3.63, 3.8) is 0 Å². The molecule has 0 N–H and O–H groups in total. The minimum absolute atomic E-state index is 0.0798. The molecule has 0 aliphatic carbocycles. The van der Waals surface area contributed by atoms with E-state index in [1.165, 1.54) is 17.7 Å². The number of para-hydroxylation sites is 1. The largest absolute Gasteiger partial charge is 0.373 e. The maximum absolute atomic E-state index is 13.1. The number of ether oxygens (including phenoxy) is 1. The van der Waals surface area contributed by atoms with E-state index >= 15 is 0 Å². The molecule has 7 rings (SSSR count). The van der Waals surface area contributed by atoms with E-state index in [4.69, 9.17) is 4.74 Å². The highest BCUT2D eigenvalue weighted by Crippen LogP contribution is 2.54. The van der Waals surface area contributed by atoms with Crippen LogP contribution in [0.5, 0.6) is 0 Å². The summed E-state index contributed by atoms with van der Waals surface area (Å²) in [6.07, 6.45) is 5.30. The van der Waals surface area contributed by atoms with Crippen LogP contribution in [-0.2, 0) is 9.53 Å². The van der Waals surface area contributed by atoms with Crippen molar-refractivity contribution in [2.24, 2.45) is 11.8 Å². The maximum Gasteiger partial charge on any atom is 0.229 e. The van der Waals surface area contributed by atoms with E-state index in [2.05, 4.69) is 47.1 Å². The molecule has 0 spiro atoms. The number of benzene rings is 1. The lowest BCUT2D eigenvalue weighted by Crippen LogP contribution is -2.57. The highest BCUT2D eigenvalue weighted by Gasteiger charge is 2.56. The lowest BCUT2D eigenvalue weighted by atomic mass is 9.68. The molecular weight excluding hydrogens is 324 g/mol. The van der Waals surface area contributed by atoms with Gasteiger partial charge in [-0.15, -0.1) is 0 Å². The van der Waals surface area contributed by atoms with E-state index in [0.717, 1.165) is 19.5 Å². The fourth-order valence-electron chi connectivity index (χ4n) is 6.58. The van der Waals surface area contributed by atoms with Crippen molar-refractivity contribution >= 4 is 11.6 Å². The smallest absolute Gasteiger partial charge is 0.229 e. The molecule has 7 atom stereocenters. The highest BCUT2D eigenvalue weighted by molar-refractivity contribution is 5.98. The van der Waals surface area contributed by atoms with Crippen molar-refractivity contribution in [1.82, 2.24) is 4.90 Å². The summed E-state index contributed by atoms with van der Waals surface area (Å²) in [6.45, 7) is 5.28. The SMILES string of the molecule is C[C@@H]1C[C@@H]2C3=CCO[C@H]4CC(=O)N5c6ccccc6[C@@H](CCN1C3)[C@@H]5[C@H]42. The first kappa shape index (κ1) is 15.4. The van der Waals surface area contributed by atoms with Crippen LogP contribution in [-0.4, -0.2) is 48.7 Å². The monoisotopic (exact) mass is 350 g/mol. The predicted octanol–water partition coefficient (Wildman–Crippen LogP) is 2.94. The fourth-order valence-corrected chi connectivity index (χ4v) is 6.58. The normalized spacial score (nSPS) is 43.1. The summed E-state index contributed by atoms with van der Waals surface area (Å²) in [4.78, 5) is 18.0. The third kappa shape index (κ3) is 1.95. The molecule has 6 heterocycles. The van der Waals surface area contributed by atoms with Gasteiger partial charge < -0.3 is 9.64 Å². The molecule has 26 heavy (non-hydrogen) atoms. The Morgan fingerprint density at radius 3 is 3.00 bits per heavy atom. The van der Waals surface area contributed by atoms with Crippen molar-refractivity contribution in [2.75, 3.05) is 24.6 Å². The number of carbonyl (C=O) groups excluding carboxylic acids is 1. The number of anilines is 1. The average molecular weight is 350 g/mol. The minimum atomic E-state index is 0.0798. The Kier molecular flexibility index (Phi) is 3.22. The van der Waals surface area contributed by atoms with Gasteiger partial charge in [0.2, 0.25) is 5.91 Å². The Morgan fingerprint density at radius 2 is 2.08 bits per heavy atom. The van der Waals surface area contributed by atoms with E-state index in [9.17, 15) is 4.79 Å². The molecule has 0 radical (unpaired) electrons. The summed E-state index contributed by atoms with van der Waals surface area (Å²) in [6, 6.07) is 9.52. The zero-order chi connectivity index (χ0) is 17.4. The van der Waals surface area contributed by atoms with E-state index in [1.807, 2.05) is 0 Å². The molecule has 0 saturated carbocycles. The topological polar surface area (TPSA) is 32.8 Å². The number of carbonyl (C=O) groups is 1. The Hall–Kier alpha value is -1.65. The van der Waals surface area contributed by atoms with E-state index in [1.54, 1.807) is 5.57 Å². The van der Waals surface area contributed by atoms with Gasteiger partial charge in [0.15, 0.2) is 0 Å². The summed E-state index contributed by atoms with van der Waals surface area (Å²) < 4.78 is 6.28. The number of hydrogen-bond donors (Lipinski definition) is 0. The van der Waals surface area contributed by atoms with Gasteiger partial charge in [-0.25, -0.2) is 0 Å². The van der Waals surface area contributed by atoms with Crippen LogP contribution in [0.4, 0.5) is 5.69 Å². The first-order chi connectivity index (χ1) is 12.7. The average Bonchev–Trinajstić information content (AvgIpc) is 2.91. The van der Waals surface area contributed by atoms with Gasteiger partial charge in [-0.2, -0.15) is 0 Å². The van der Waals surface area contributed by atoms with Crippen LogP contribution in [0.3, 0.4) is 0 Å². The molecule has 1 aromatic rings. The zero-order valence-electron chi connectivity index (χ0n) is 15.3. The van der Waals surface area contributed by atoms with Crippen molar-refractivity contribution in [1.29, 1.82) is 0 Å². The van der Waals surface area contributed by atoms with Crippen LogP contribution in [0.15, 0.2) is 35.9 Å². The van der Waals surface area contributed by atoms with Crippen molar-refractivity contribution in [3.8, 4) is 0 Å². The van der Waals surface area contributed by atoms with Gasteiger partial charge in [-0.05, 0) is 43.9 Å².